The van der Waals surface area contributed by atoms with E-state index in [2.05, 4.69) is 0 Å². The maximum absolute atomic E-state index is 12.7. The minimum absolute atomic E-state index is 0.0251. The van der Waals surface area contributed by atoms with E-state index in [-0.39, 0.29) is 11.5 Å². The Morgan fingerprint density at radius 1 is 1.15 bits per heavy atom. The van der Waals surface area contributed by atoms with E-state index >= 15 is 0 Å². The number of fused-ring (bicyclic) bond motifs is 1. The molecule has 2 aromatic rings. The van der Waals surface area contributed by atoms with E-state index in [4.69, 9.17) is 0 Å². The minimum atomic E-state index is -0.0636. The molecule has 0 spiro atoms. The van der Waals surface area contributed by atoms with Crippen LogP contribution in [0.5, 0.6) is 0 Å². The summed E-state index contributed by atoms with van der Waals surface area (Å²) < 4.78 is 1.49. The summed E-state index contributed by atoms with van der Waals surface area (Å²) in [4.78, 5) is 26.7. The van der Waals surface area contributed by atoms with Crippen LogP contribution in [-0.2, 0) is 7.05 Å². The predicted octanol–water partition coefficient (Wildman–Crippen LogP) is 1.73. The zero-order valence-corrected chi connectivity index (χ0v) is 12.2. The molecule has 0 atom stereocenters. The average molecular weight is 288 g/mol. The van der Waals surface area contributed by atoms with Gasteiger partial charge in [-0.2, -0.15) is 11.8 Å². The van der Waals surface area contributed by atoms with Gasteiger partial charge in [-0.1, -0.05) is 18.2 Å². The smallest absolute Gasteiger partial charge is 0.258 e. The van der Waals surface area contributed by atoms with Gasteiger partial charge < -0.3 is 9.47 Å². The molecule has 1 saturated heterocycles. The van der Waals surface area contributed by atoms with Crippen molar-refractivity contribution in [1.29, 1.82) is 0 Å². The first-order valence-corrected chi connectivity index (χ1v) is 7.79. The van der Waals surface area contributed by atoms with Crippen molar-refractivity contribution in [2.45, 2.75) is 0 Å². The first-order chi connectivity index (χ1) is 9.68. The van der Waals surface area contributed by atoms with Gasteiger partial charge in [0.1, 0.15) is 0 Å². The lowest BCUT2D eigenvalue weighted by Gasteiger charge is -2.27. The predicted molar refractivity (Wildman–Crippen MR) is 82.4 cm³/mol. The van der Waals surface area contributed by atoms with Crippen LogP contribution in [0.2, 0.25) is 0 Å². The van der Waals surface area contributed by atoms with Crippen LogP contribution in [-0.4, -0.2) is 40.0 Å². The number of aryl methyl sites for hydroxylation is 1. The lowest BCUT2D eigenvalue weighted by atomic mass is 10.1. The fourth-order valence-corrected chi connectivity index (χ4v) is 3.43. The van der Waals surface area contributed by atoms with Crippen LogP contribution in [0, 0.1) is 0 Å². The van der Waals surface area contributed by atoms with Crippen LogP contribution >= 0.6 is 11.8 Å². The summed E-state index contributed by atoms with van der Waals surface area (Å²) in [5.41, 5.74) is 0.556. The van der Waals surface area contributed by atoms with Gasteiger partial charge in [-0.15, -0.1) is 0 Å². The van der Waals surface area contributed by atoms with Gasteiger partial charge in [0.05, 0.1) is 5.56 Å². The summed E-state index contributed by atoms with van der Waals surface area (Å²) in [6.07, 6.45) is 1.66. The van der Waals surface area contributed by atoms with Gasteiger partial charge in [0.2, 0.25) is 0 Å². The molecule has 0 N–H and O–H groups in total. The number of thioether (sulfide) groups is 1. The molecule has 20 heavy (non-hydrogen) atoms. The molecule has 1 aromatic heterocycles. The van der Waals surface area contributed by atoms with Crippen molar-refractivity contribution in [3.63, 3.8) is 0 Å². The maximum atomic E-state index is 12.7. The highest BCUT2D eigenvalue weighted by atomic mass is 32.2. The molecule has 0 saturated carbocycles. The Bertz CT molecular complexity index is 717. The van der Waals surface area contributed by atoms with E-state index in [1.54, 1.807) is 19.3 Å². The number of nitrogens with zero attached hydrogens (tertiary/aromatic N) is 2. The fourth-order valence-electron chi connectivity index (χ4n) is 2.52. The van der Waals surface area contributed by atoms with Crippen molar-refractivity contribution in [3.8, 4) is 0 Å². The fraction of sp³-hybridized carbons (Fsp3) is 0.333. The second kappa shape index (κ2) is 5.32. The zero-order valence-electron chi connectivity index (χ0n) is 11.3. The van der Waals surface area contributed by atoms with E-state index in [1.807, 2.05) is 34.9 Å². The van der Waals surface area contributed by atoms with Crippen molar-refractivity contribution in [3.05, 3.63) is 46.4 Å². The lowest BCUT2D eigenvalue weighted by Crippen LogP contribution is -2.38. The van der Waals surface area contributed by atoms with Crippen LogP contribution in [0.1, 0.15) is 10.4 Å². The van der Waals surface area contributed by atoms with Crippen molar-refractivity contribution in [2.24, 2.45) is 7.05 Å². The Balaban J connectivity index is 2.13. The van der Waals surface area contributed by atoms with Gasteiger partial charge in [-0.25, -0.2) is 0 Å². The molecule has 3 rings (SSSR count). The number of benzene rings is 1. The van der Waals surface area contributed by atoms with Crippen molar-refractivity contribution in [1.82, 2.24) is 9.47 Å². The van der Waals surface area contributed by atoms with E-state index in [0.717, 1.165) is 30.0 Å². The molecular weight excluding hydrogens is 272 g/mol. The standard InChI is InChI=1S/C15H16N2O2S/c1-16-10-13(15(19)17-6-8-20-9-7-17)11-4-2-3-5-12(11)14(16)18/h2-5,10H,6-9H2,1H3. The Morgan fingerprint density at radius 2 is 1.80 bits per heavy atom. The first kappa shape index (κ1) is 13.2. The second-order valence-electron chi connectivity index (χ2n) is 4.91. The number of carbonyl (C=O) groups excluding carboxylic acids is 1. The zero-order chi connectivity index (χ0) is 14.1. The van der Waals surface area contributed by atoms with Gasteiger partial charge in [0.25, 0.3) is 11.5 Å². The highest BCUT2D eigenvalue weighted by Gasteiger charge is 2.21. The Kier molecular flexibility index (Phi) is 3.53. The molecule has 1 aliphatic rings. The quantitative estimate of drug-likeness (QED) is 0.802. The third kappa shape index (κ3) is 2.22. The Hall–Kier alpha value is -1.75. The number of rotatable bonds is 1. The molecule has 0 bridgehead atoms. The third-order valence-corrected chi connectivity index (χ3v) is 4.56. The summed E-state index contributed by atoms with van der Waals surface area (Å²) in [7, 11) is 1.69. The largest absolute Gasteiger partial charge is 0.337 e. The highest BCUT2D eigenvalue weighted by Crippen LogP contribution is 2.19. The summed E-state index contributed by atoms with van der Waals surface area (Å²) >= 11 is 1.87. The van der Waals surface area contributed by atoms with Crippen LogP contribution in [0.15, 0.2) is 35.3 Å². The molecule has 1 amide bonds. The summed E-state index contributed by atoms with van der Waals surface area (Å²) in [5, 5.41) is 1.35. The summed E-state index contributed by atoms with van der Waals surface area (Å²) in [6, 6.07) is 7.32. The van der Waals surface area contributed by atoms with Gasteiger partial charge in [-0.3, -0.25) is 9.59 Å². The van der Waals surface area contributed by atoms with E-state index in [9.17, 15) is 9.59 Å². The lowest BCUT2D eigenvalue weighted by molar-refractivity contribution is 0.0773. The highest BCUT2D eigenvalue weighted by molar-refractivity contribution is 7.99. The normalized spacial score (nSPS) is 15.6. The van der Waals surface area contributed by atoms with Gasteiger partial charge in [-0.05, 0) is 6.07 Å². The van der Waals surface area contributed by atoms with E-state index in [1.165, 1.54) is 4.57 Å². The molecule has 104 valence electrons. The molecule has 1 aromatic carbocycles. The van der Waals surface area contributed by atoms with Crippen molar-refractivity contribution in [2.75, 3.05) is 24.6 Å². The topological polar surface area (TPSA) is 42.3 Å². The van der Waals surface area contributed by atoms with Crippen LogP contribution in [0.3, 0.4) is 0 Å². The van der Waals surface area contributed by atoms with E-state index in [0.29, 0.717) is 10.9 Å². The van der Waals surface area contributed by atoms with Gasteiger partial charge in [0.15, 0.2) is 0 Å². The minimum Gasteiger partial charge on any atom is -0.337 e. The van der Waals surface area contributed by atoms with Gasteiger partial charge >= 0.3 is 0 Å². The average Bonchev–Trinajstić information content (AvgIpc) is 2.51. The Labute approximate surface area is 121 Å². The van der Waals surface area contributed by atoms with Crippen molar-refractivity contribution < 1.29 is 4.79 Å². The van der Waals surface area contributed by atoms with Crippen LogP contribution < -0.4 is 5.56 Å². The summed E-state index contributed by atoms with van der Waals surface area (Å²) in [5.74, 6) is 1.99. The monoisotopic (exact) mass is 288 g/mol. The number of pyridine rings is 1. The molecule has 4 nitrogen and oxygen atoms in total. The number of amides is 1. The molecule has 5 heteroatoms. The number of aromatic nitrogens is 1. The van der Waals surface area contributed by atoms with Crippen LogP contribution in [0.4, 0.5) is 0 Å². The number of carbonyl (C=O) groups is 1. The first-order valence-electron chi connectivity index (χ1n) is 6.64. The molecular formula is C15H16N2O2S. The third-order valence-electron chi connectivity index (χ3n) is 3.62. The molecule has 2 heterocycles. The van der Waals surface area contributed by atoms with E-state index < -0.39 is 0 Å². The van der Waals surface area contributed by atoms with Gasteiger partial charge in [0, 0.05) is 48.6 Å². The SMILES string of the molecule is Cn1cc(C(=O)N2CCSCC2)c2ccccc2c1=O. The van der Waals surface area contributed by atoms with Crippen molar-refractivity contribution >= 4 is 28.4 Å². The Morgan fingerprint density at radius 3 is 2.50 bits per heavy atom. The maximum Gasteiger partial charge on any atom is 0.258 e. The number of hydrogen-bond acceptors (Lipinski definition) is 3. The molecule has 0 unspecified atom stereocenters. The molecule has 0 radical (unpaired) electrons. The number of hydrogen-bond donors (Lipinski definition) is 0. The molecule has 0 aliphatic carbocycles. The molecule has 1 aliphatic heterocycles. The second-order valence-corrected chi connectivity index (χ2v) is 6.13. The van der Waals surface area contributed by atoms with Crippen LogP contribution in [0.25, 0.3) is 10.8 Å². The summed E-state index contributed by atoms with van der Waals surface area (Å²) in [6.45, 7) is 1.56. The molecule has 1 fully saturated rings.